The van der Waals surface area contributed by atoms with E-state index in [2.05, 4.69) is 4.57 Å². The average molecular weight is 294 g/mol. The number of hydrogen-bond donors (Lipinski definition) is 0. The van der Waals surface area contributed by atoms with Gasteiger partial charge in [-0.25, -0.2) is 4.79 Å². The molecule has 0 unspecified atom stereocenters. The van der Waals surface area contributed by atoms with Gasteiger partial charge < -0.3 is 14.0 Å². The van der Waals surface area contributed by atoms with E-state index in [0.29, 0.717) is 29.0 Å². The lowest BCUT2D eigenvalue weighted by molar-refractivity contribution is 0.0526. The number of rotatable bonds is 4. The maximum absolute atomic E-state index is 11.9. The number of carbonyl (C=O) groups excluding carboxylic acids is 1. The van der Waals surface area contributed by atoms with Crippen molar-refractivity contribution in [1.82, 2.24) is 4.57 Å². The Bertz CT molecular complexity index is 673. The van der Waals surface area contributed by atoms with Crippen molar-refractivity contribution < 1.29 is 14.3 Å². The van der Waals surface area contributed by atoms with Gasteiger partial charge in [0.15, 0.2) is 0 Å². The predicted molar refractivity (Wildman–Crippen MR) is 77.7 cm³/mol. The number of ether oxygens (including phenoxy) is 2. The highest BCUT2D eigenvalue weighted by atomic mass is 35.5. The van der Waals surface area contributed by atoms with Crippen molar-refractivity contribution in [3.8, 4) is 5.75 Å². The second-order valence-corrected chi connectivity index (χ2v) is 5.32. The van der Waals surface area contributed by atoms with E-state index in [1.54, 1.807) is 20.1 Å². The molecule has 0 radical (unpaired) electrons. The van der Waals surface area contributed by atoms with Crippen molar-refractivity contribution in [2.75, 3.05) is 13.7 Å². The van der Waals surface area contributed by atoms with Crippen molar-refractivity contribution in [2.24, 2.45) is 0 Å². The quantitative estimate of drug-likeness (QED) is 0.805. The zero-order chi connectivity index (χ0) is 14.3. The molecule has 0 atom stereocenters. The third kappa shape index (κ3) is 2.14. The first-order chi connectivity index (χ1) is 9.65. The van der Waals surface area contributed by atoms with Crippen LogP contribution >= 0.6 is 11.6 Å². The predicted octanol–water partition coefficient (Wildman–Crippen LogP) is 3.81. The normalized spacial score (nSPS) is 14.6. The van der Waals surface area contributed by atoms with Crippen LogP contribution in [0.4, 0.5) is 0 Å². The van der Waals surface area contributed by atoms with Crippen LogP contribution < -0.4 is 4.74 Å². The maximum atomic E-state index is 11.9. The minimum atomic E-state index is -0.340. The number of carbonyl (C=O) groups is 1. The summed E-state index contributed by atoms with van der Waals surface area (Å²) < 4.78 is 12.6. The lowest BCUT2D eigenvalue weighted by Gasteiger charge is -2.09. The molecule has 1 aliphatic rings. The van der Waals surface area contributed by atoms with Crippen molar-refractivity contribution in [3.63, 3.8) is 0 Å². The summed E-state index contributed by atoms with van der Waals surface area (Å²) in [6.45, 7) is 2.14. The molecule has 0 bridgehead atoms. The Morgan fingerprint density at radius 3 is 2.80 bits per heavy atom. The number of benzene rings is 1. The van der Waals surface area contributed by atoms with E-state index in [1.807, 2.05) is 12.3 Å². The SMILES string of the molecule is CCOC(=O)c1cc(OC)c2c(Cl)cn(C3CC3)c2c1. The Kier molecular flexibility index (Phi) is 3.34. The molecule has 4 nitrogen and oxygen atoms in total. The van der Waals surface area contributed by atoms with E-state index in [9.17, 15) is 4.79 Å². The van der Waals surface area contributed by atoms with Crippen LogP contribution in [0.15, 0.2) is 18.3 Å². The summed E-state index contributed by atoms with van der Waals surface area (Å²) in [5.41, 5.74) is 1.42. The molecule has 1 fully saturated rings. The molecule has 1 heterocycles. The second kappa shape index (κ2) is 5.02. The van der Waals surface area contributed by atoms with Crippen molar-refractivity contribution in [2.45, 2.75) is 25.8 Å². The summed E-state index contributed by atoms with van der Waals surface area (Å²) in [6, 6.07) is 4.00. The molecule has 1 aliphatic carbocycles. The van der Waals surface area contributed by atoms with Gasteiger partial charge in [0, 0.05) is 12.2 Å². The average Bonchev–Trinajstić information content (AvgIpc) is 3.23. The number of halogens is 1. The van der Waals surface area contributed by atoms with Crippen LogP contribution in [0, 0.1) is 0 Å². The summed E-state index contributed by atoms with van der Waals surface area (Å²) in [4.78, 5) is 11.9. The number of fused-ring (bicyclic) bond motifs is 1. The number of nitrogens with zero attached hydrogens (tertiary/aromatic N) is 1. The molecule has 5 heteroatoms. The Labute approximate surface area is 122 Å². The highest BCUT2D eigenvalue weighted by Crippen LogP contribution is 2.43. The van der Waals surface area contributed by atoms with Crippen LogP contribution in [0.5, 0.6) is 5.75 Å². The van der Waals surface area contributed by atoms with Crippen LogP contribution in [0.3, 0.4) is 0 Å². The van der Waals surface area contributed by atoms with Gasteiger partial charge in [0.05, 0.1) is 35.2 Å². The van der Waals surface area contributed by atoms with Crippen molar-refractivity contribution in [3.05, 3.63) is 28.9 Å². The fraction of sp³-hybridized carbons (Fsp3) is 0.400. The van der Waals surface area contributed by atoms with Crippen molar-refractivity contribution in [1.29, 1.82) is 0 Å². The molecule has 0 spiro atoms. The zero-order valence-electron chi connectivity index (χ0n) is 11.5. The fourth-order valence-corrected chi connectivity index (χ4v) is 2.74. The minimum Gasteiger partial charge on any atom is -0.496 e. The van der Waals surface area contributed by atoms with Gasteiger partial charge in [0.25, 0.3) is 0 Å². The Balaban J connectivity index is 2.19. The molecule has 106 valence electrons. The van der Waals surface area contributed by atoms with Crippen LogP contribution in [-0.2, 0) is 4.74 Å². The number of esters is 1. The first-order valence-electron chi connectivity index (χ1n) is 6.71. The molecule has 1 saturated carbocycles. The molecule has 1 aromatic carbocycles. The first-order valence-corrected chi connectivity index (χ1v) is 7.08. The summed E-state index contributed by atoms with van der Waals surface area (Å²) >= 11 is 6.31. The Morgan fingerprint density at radius 1 is 1.45 bits per heavy atom. The van der Waals surface area contributed by atoms with Gasteiger partial charge in [-0.15, -0.1) is 0 Å². The van der Waals surface area contributed by atoms with Gasteiger partial charge in [0.2, 0.25) is 0 Å². The monoisotopic (exact) mass is 293 g/mol. The highest BCUT2D eigenvalue weighted by molar-refractivity contribution is 6.36. The third-order valence-electron chi connectivity index (χ3n) is 3.52. The van der Waals surface area contributed by atoms with Crippen LogP contribution in [-0.4, -0.2) is 24.3 Å². The lowest BCUT2D eigenvalue weighted by atomic mass is 10.1. The van der Waals surface area contributed by atoms with Crippen LogP contribution in [0.25, 0.3) is 10.9 Å². The van der Waals surface area contributed by atoms with Gasteiger partial charge in [-0.3, -0.25) is 0 Å². The molecule has 2 aromatic rings. The fourth-order valence-electron chi connectivity index (χ4n) is 2.45. The van der Waals surface area contributed by atoms with E-state index >= 15 is 0 Å². The molecular weight excluding hydrogens is 278 g/mol. The third-order valence-corrected chi connectivity index (χ3v) is 3.81. The smallest absolute Gasteiger partial charge is 0.338 e. The largest absolute Gasteiger partial charge is 0.496 e. The van der Waals surface area contributed by atoms with E-state index in [-0.39, 0.29) is 5.97 Å². The van der Waals surface area contributed by atoms with Gasteiger partial charge in [-0.05, 0) is 31.9 Å². The van der Waals surface area contributed by atoms with E-state index in [1.165, 1.54) is 0 Å². The summed E-state index contributed by atoms with van der Waals surface area (Å²) in [6.07, 6.45) is 4.21. The van der Waals surface area contributed by atoms with E-state index in [4.69, 9.17) is 21.1 Å². The molecule has 0 N–H and O–H groups in total. The number of aromatic nitrogens is 1. The molecule has 20 heavy (non-hydrogen) atoms. The summed E-state index contributed by atoms with van der Waals surface area (Å²) in [7, 11) is 1.58. The topological polar surface area (TPSA) is 40.5 Å². The molecular formula is C15H16ClNO3. The summed E-state index contributed by atoms with van der Waals surface area (Å²) in [5.74, 6) is 0.266. The van der Waals surface area contributed by atoms with Gasteiger partial charge in [0.1, 0.15) is 5.75 Å². The zero-order valence-corrected chi connectivity index (χ0v) is 12.2. The number of methoxy groups -OCH3 is 1. The standard InChI is InChI=1S/C15H16ClNO3/c1-3-20-15(18)9-6-12-14(13(7-9)19-2)11(16)8-17(12)10-4-5-10/h6-8,10H,3-5H2,1-2H3. The van der Waals surface area contributed by atoms with Crippen molar-refractivity contribution >= 4 is 28.5 Å². The van der Waals surface area contributed by atoms with Crippen LogP contribution in [0.1, 0.15) is 36.2 Å². The Morgan fingerprint density at radius 2 is 2.20 bits per heavy atom. The van der Waals surface area contributed by atoms with Gasteiger partial charge in [-0.1, -0.05) is 11.6 Å². The van der Waals surface area contributed by atoms with E-state index in [0.717, 1.165) is 23.7 Å². The molecule has 1 aromatic heterocycles. The van der Waals surface area contributed by atoms with E-state index < -0.39 is 0 Å². The molecule has 0 saturated heterocycles. The van der Waals surface area contributed by atoms with Gasteiger partial charge >= 0.3 is 5.97 Å². The molecule has 0 aliphatic heterocycles. The maximum Gasteiger partial charge on any atom is 0.338 e. The number of hydrogen-bond acceptors (Lipinski definition) is 3. The summed E-state index contributed by atoms with van der Waals surface area (Å²) in [5, 5.41) is 1.51. The van der Waals surface area contributed by atoms with Crippen LogP contribution in [0.2, 0.25) is 5.02 Å². The first kappa shape index (κ1) is 13.3. The minimum absolute atomic E-state index is 0.340. The molecule has 0 amide bonds. The Hall–Kier alpha value is -1.68. The molecule has 3 rings (SSSR count). The second-order valence-electron chi connectivity index (χ2n) is 4.91. The highest BCUT2D eigenvalue weighted by Gasteiger charge is 2.27. The lowest BCUT2D eigenvalue weighted by Crippen LogP contribution is -2.05. The van der Waals surface area contributed by atoms with Gasteiger partial charge in [-0.2, -0.15) is 0 Å².